The van der Waals surface area contributed by atoms with Crippen LogP contribution in [0.3, 0.4) is 0 Å². The molecule has 1 atom stereocenters. The number of thiol groups is 1. The van der Waals surface area contributed by atoms with Crippen molar-refractivity contribution < 1.29 is 0 Å². The maximum absolute atomic E-state index is 4.43. The van der Waals surface area contributed by atoms with Crippen LogP contribution in [0.2, 0.25) is 0 Å². The lowest BCUT2D eigenvalue weighted by Crippen LogP contribution is -2.13. The summed E-state index contributed by atoms with van der Waals surface area (Å²) in [4.78, 5) is 8.68. The van der Waals surface area contributed by atoms with Gasteiger partial charge in [-0.15, -0.1) is 11.8 Å². The monoisotopic (exact) mass is 278 g/mol. The van der Waals surface area contributed by atoms with Gasteiger partial charge in [0.25, 0.3) is 0 Å². The van der Waals surface area contributed by atoms with Gasteiger partial charge in [0, 0.05) is 11.1 Å². The second kappa shape index (κ2) is 6.43. The number of hydrogen-bond donors (Lipinski definition) is 1. The third kappa shape index (κ3) is 3.18. The minimum atomic E-state index is 0.618. The van der Waals surface area contributed by atoms with Crippen LogP contribution in [0.4, 0.5) is 0 Å². The molecule has 2 rings (SSSR count). The fraction of sp³-hybridized carbons (Fsp3) is 0.429. The molecule has 0 N–H and O–H groups in total. The molecule has 1 unspecified atom stereocenters. The van der Waals surface area contributed by atoms with E-state index >= 15 is 0 Å². The van der Waals surface area contributed by atoms with Gasteiger partial charge in [-0.3, -0.25) is 0 Å². The average Bonchev–Trinajstić information content (AvgIpc) is 2.39. The molecule has 2 nitrogen and oxygen atoms in total. The summed E-state index contributed by atoms with van der Waals surface area (Å²) in [7, 11) is 0. The van der Waals surface area contributed by atoms with E-state index in [1.54, 1.807) is 6.33 Å². The molecule has 18 heavy (non-hydrogen) atoms. The maximum atomic E-state index is 4.43. The zero-order valence-corrected chi connectivity index (χ0v) is 12.4. The van der Waals surface area contributed by atoms with E-state index in [2.05, 4.69) is 42.5 Å². The Bertz CT molecular complexity index is 509. The third-order valence-corrected chi connectivity index (χ3v) is 4.78. The van der Waals surface area contributed by atoms with Crippen LogP contribution in [-0.4, -0.2) is 21.5 Å². The van der Waals surface area contributed by atoms with E-state index in [1.807, 2.05) is 30.0 Å². The Balaban J connectivity index is 2.17. The molecule has 96 valence electrons. The lowest BCUT2D eigenvalue weighted by molar-refractivity contribution is 0.473. The van der Waals surface area contributed by atoms with Gasteiger partial charge in [-0.25, -0.2) is 9.97 Å². The van der Waals surface area contributed by atoms with Crippen LogP contribution < -0.4 is 0 Å². The highest BCUT2D eigenvalue weighted by molar-refractivity contribution is 7.99. The van der Waals surface area contributed by atoms with Crippen molar-refractivity contribution in [2.45, 2.75) is 18.9 Å². The van der Waals surface area contributed by atoms with Gasteiger partial charge in [0.15, 0.2) is 0 Å². The maximum Gasteiger partial charge on any atom is 0.117 e. The number of fused-ring (bicyclic) bond motifs is 1. The predicted octanol–water partition coefficient (Wildman–Crippen LogP) is 3.92. The Labute approximate surface area is 118 Å². The van der Waals surface area contributed by atoms with Gasteiger partial charge in [-0.05, 0) is 23.7 Å². The van der Waals surface area contributed by atoms with Crippen LogP contribution in [0.1, 0.15) is 13.8 Å². The normalized spacial score (nSPS) is 13.1. The molecule has 2 aromatic rings. The van der Waals surface area contributed by atoms with Crippen molar-refractivity contribution in [1.29, 1.82) is 0 Å². The second-order valence-corrected chi connectivity index (χ2v) is 6.07. The van der Waals surface area contributed by atoms with Crippen LogP contribution in [0.25, 0.3) is 10.9 Å². The zero-order valence-electron chi connectivity index (χ0n) is 10.7. The van der Waals surface area contributed by atoms with Crippen molar-refractivity contribution in [2.75, 3.05) is 11.5 Å². The molecule has 0 fully saturated rings. The largest absolute Gasteiger partial charge is 0.236 e. The van der Waals surface area contributed by atoms with Gasteiger partial charge in [-0.2, -0.15) is 12.6 Å². The van der Waals surface area contributed by atoms with Gasteiger partial charge >= 0.3 is 0 Å². The highest BCUT2D eigenvalue weighted by Crippen LogP contribution is 2.28. The molecular formula is C14H18N2S2. The van der Waals surface area contributed by atoms with E-state index in [1.165, 1.54) is 0 Å². The Morgan fingerprint density at radius 1 is 1.22 bits per heavy atom. The topological polar surface area (TPSA) is 25.8 Å². The van der Waals surface area contributed by atoms with E-state index in [0.29, 0.717) is 11.8 Å². The number of benzene rings is 1. The standard InChI is InChI=1S/C14H18N2S2/c1-10(2)11(7-17)8-18-14-12-5-3-4-6-13(12)15-9-16-14/h3-6,9-11,17H,7-8H2,1-2H3. The molecule has 1 heterocycles. The smallest absolute Gasteiger partial charge is 0.117 e. The van der Waals surface area contributed by atoms with Gasteiger partial charge < -0.3 is 0 Å². The van der Waals surface area contributed by atoms with Crippen molar-refractivity contribution in [3.05, 3.63) is 30.6 Å². The molecule has 0 aliphatic carbocycles. The molecule has 0 bridgehead atoms. The summed E-state index contributed by atoms with van der Waals surface area (Å²) in [6.45, 7) is 4.50. The number of rotatable bonds is 5. The molecule has 0 aliphatic heterocycles. The quantitative estimate of drug-likeness (QED) is 0.510. The molecule has 0 spiro atoms. The Morgan fingerprint density at radius 3 is 2.72 bits per heavy atom. The lowest BCUT2D eigenvalue weighted by atomic mass is 10.0. The first-order chi connectivity index (χ1) is 8.72. The summed E-state index contributed by atoms with van der Waals surface area (Å²) >= 11 is 6.24. The summed E-state index contributed by atoms with van der Waals surface area (Å²) in [6.07, 6.45) is 1.65. The Morgan fingerprint density at radius 2 is 2.00 bits per heavy atom. The molecule has 0 saturated heterocycles. The number of nitrogens with zero attached hydrogens (tertiary/aromatic N) is 2. The lowest BCUT2D eigenvalue weighted by Gasteiger charge is -2.17. The molecule has 0 aliphatic rings. The van der Waals surface area contributed by atoms with Crippen molar-refractivity contribution in [1.82, 2.24) is 9.97 Å². The fourth-order valence-electron chi connectivity index (χ4n) is 1.74. The average molecular weight is 278 g/mol. The van der Waals surface area contributed by atoms with E-state index in [-0.39, 0.29) is 0 Å². The van der Waals surface area contributed by atoms with E-state index in [0.717, 1.165) is 27.4 Å². The van der Waals surface area contributed by atoms with Crippen LogP contribution in [0, 0.1) is 11.8 Å². The number of hydrogen-bond acceptors (Lipinski definition) is 4. The highest BCUT2D eigenvalue weighted by atomic mass is 32.2. The first kappa shape index (κ1) is 13.7. The molecule has 0 amide bonds. The van der Waals surface area contributed by atoms with E-state index < -0.39 is 0 Å². The fourth-order valence-corrected chi connectivity index (χ4v) is 3.79. The first-order valence-corrected chi connectivity index (χ1v) is 7.77. The number of aromatic nitrogens is 2. The molecule has 0 saturated carbocycles. The molecule has 1 aromatic heterocycles. The van der Waals surface area contributed by atoms with Crippen LogP contribution in [0.5, 0.6) is 0 Å². The molecule has 4 heteroatoms. The first-order valence-electron chi connectivity index (χ1n) is 6.15. The zero-order chi connectivity index (χ0) is 13.0. The van der Waals surface area contributed by atoms with Crippen LogP contribution >= 0.6 is 24.4 Å². The number of thioether (sulfide) groups is 1. The number of para-hydroxylation sites is 1. The SMILES string of the molecule is CC(C)C(CS)CSc1ncnc2ccccc12. The second-order valence-electron chi connectivity index (χ2n) is 4.69. The Kier molecular flexibility index (Phi) is 4.89. The Hall–Kier alpha value is -0.740. The highest BCUT2D eigenvalue weighted by Gasteiger charge is 2.13. The van der Waals surface area contributed by atoms with Crippen LogP contribution in [0.15, 0.2) is 35.6 Å². The van der Waals surface area contributed by atoms with Gasteiger partial charge in [0.2, 0.25) is 0 Å². The van der Waals surface area contributed by atoms with Crippen molar-refractivity contribution in [2.24, 2.45) is 11.8 Å². The van der Waals surface area contributed by atoms with Crippen molar-refractivity contribution in [3.8, 4) is 0 Å². The summed E-state index contributed by atoms with van der Waals surface area (Å²) in [6, 6.07) is 8.16. The molecular weight excluding hydrogens is 260 g/mol. The van der Waals surface area contributed by atoms with E-state index in [4.69, 9.17) is 0 Å². The molecule has 1 aromatic carbocycles. The minimum Gasteiger partial charge on any atom is -0.236 e. The van der Waals surface area contributed by atoms with Crippen molar-refractivity contribution >= 4 is 35.3 Å². The van der Waals surface area contributed by atoms with Gasteiger partial charge in [-0.1, -0.05) is 32.0 Å². The van der Waals surface area contributed by atoms with Gasteiger partial charge in [0.1, 0.15) is 11.4 Å². The van der Waals surface area contributed by atoms with E-state index in [9.17, 15) is 0 Å². The van der Waals surface area contributed by atoms with Crippen LogP contribution in [-0.2, 0) is 0 Å². The molecule has 0 radical (unpaired) electrons. The van der Waals surface area contributed by atoms with Gasteiger partial charge in [0.05, 0.1) is 5.52 Å². The summed E-state index contributed by atoms with van der Waals surface area (Å²) in [5, 5.41) is 2.22. The summed E-state index contributed by atoms with van der Waals surface area (Å²) < 4.78 is 0. The minimum absolute atomic E-state index is 0.618. The van der Waals surface area contributed by atoms with Crippen molar-refractivity contribution in [3.63, 3.8) is 0 Å². The summed E-state index contributed by atoms with van der Waals surface area (Å²) in [5.74, 6) is 3.26. The summed E-state index contributed by atoms with van der Waals surface area (Å²) in [5.41, 5.74) is 1.02. The third-order valence-electron chi connectivity index (χ3n) is 3.12. The predicted molar refractivity (Wildman–Crippen MR) is 82.4 cm³/mol.